The van der Waals surface area contributed by atoms with Gasteiger partial charge in [-0.15, -0.1) is 5.10 Å². The number of rotatable bonds is 7. The minimum atomic E-state index is -0.220. The molecule has 0 unspecified atom stereocenters. The van der Waals surface area contributed by atoms with Crippen molar-refractivity contribution in [2.45, 2.75) is 13.2 Å². The predicted molar refractivity (Wildman–Crippen MR) is 106 cm³/mol. The van der Waals surface area contributed by atoms with E-state index in [2.05, 4.69) is 21.0 Å². The van der Waals surface area contributed by atoms with Crippen molar-refractivity contribution in [3.05, 3.63) is 80.6 Å². The lowest BCUT2D eigenvalue weighted by molar-refractivity contribution is 0.283. The summed E-state index contributed by atoms with van der Waals surface area (Å²) in [4.78, 5) is 12.4. The van der Waals surface area contributed by atoms with Gasteiger partial charge in [0.2, 0.25) is 5.88 Å². The Balaban J connectivity index is 1.75. The predicted octanol–water partition coefficient (Wildman–Crippen LogP) is 3.65. The van der Waals surface area contributed by atoms with Crippen molar-refractivity contribution in [1.29, 1.82) is 0 Å². The molecule has 7 heteroatoms. The van der Waals surface area contributed by atoms with E-state index >= 15 is 0 Å². The quantitative estimate of drug-likeness (QED) is 0.572. The molecule has 3 aromatic rings. The van der Waals surface area contributed by atoms with Crippen LogP contribution in [-0.2, 0) is 13.2 Å². The summed E-state index contributed by atoms with van der Waals surface area (Å²) in [6.45, 7) is 0.672. The van der Waals surface area contributed by atoms with Gasteiger partial charge in [0, 0.05) is 6.07 Å². The average molecular weight is 431 g/mol. The molecule has 140 valence electrons. The Morgan fingerprint density at radius 1 is 0.926 bits per heavy atom. The molecule has 0 aliphatic heterocycles. The van der Waals surface area contributed by atoms with Crippen LogP contribution >= 0.6 is 15.9 Å². The molecule has 3 rings (SSSR count). The number of hydrogen-bond donors (Lipinski definition) is 0. The molecule has 2 aromatic carbocycles. The van der Waals surface area contributed by atoms with E-state index in [9.17, 15) is 4.79 Å². The van der Waals surface area contributed by atoms with Gasteiger partial charge in [0.05, 0.1) is 25.2 Å². The molecule has 6 nitrogen and oxygen atoms in total. The summed E-state index contributed by atoms with van der Waals surface area (Å²) in [7, 11) is 3.24. The number of nitrogens with zero attached hydrogens (tertiary/aromatic N) is 2. The molecule has 0 aliphatic carbocycles. The largest absolute Gasteiger partial charge is 0.497 e. The number of benzene rings is 2. The lowest BCUT2D eigenvalue weighted by Gasteiger charge is -2.10. The second-order valence-corrected chi connectivity index (χ2v) is 6.63. The maximum atomic E-state index is 12.4. The van der Waals surface area contributed by atoms with E-state index in [0.29, 0.717) is 23.5 Å². The van der Waals surface area contributed by atoms with Crippen molar-refractivity contribution in [3.8, 4) is 17.4 Å². The minimum absolute atomic E-state index is 0.220. The highest BCUT2D eigenvalue weighted by molar-refractivity contribution is 9.10. The van der Waals surface area contributed by atoms with Crippen LogP contribution in [0.2, 0.25) is 0 Å². The molecule has 0 aliphatic rings. The number of ether oxygens (including phenoxy) is 3. The molecule has 1 aromatic heterocycles. The van der Waals surface area contributed by atoms with Gasteiger partial charge in [0.1, 0.15) is 18.1 Å². The third-order valence-corrected chi connectivity index (χ3v) is 4.51. The van der Waals surface area contributed by atoms with E-state index in [4.69, 9.17) is 14.2 Å². The fourth-order valence-corrected chi connectivity index (χ4v) is 2.85. The maximum absolute atomic E-state index is 12.4. The van der Waals surface area contributed by atoms with E-state index in [0.717, 1.165) is 22.6 Å². The van der Waals surface area contributed by atoms with Gasteiger partial charge in [-0.3, -0.25) is 4.79 Å². The van der Waals surface area contributed by atoms with Crippen molar-refractivity contribution >= 4 is 15.9 Å². The normalized spacial score (nSPS) is 10.5. The summed E-state index contributed by atoms with van der Waals surface area (Å²) in [6.07, 6.45) is 0. The van der Waals surface area contributed by atoms with Crippen LogP contribution < -0.4 is 19.8 Å². The number of methoxy groups -OCH3 is 2. The molecule has 0 bridgehead atoms. The molecule has 0 amide bonds. The zero-order chi connectivity index (χ0) is 19.2. The SMILES string of the molecule is COc1ccc(COc2cc(Br)c(=O)n(Cc3ccc(OC)cc3)n2)cc1. The van der Waals surface area contributed by atoms with Gasteiger partial charge >= 0.3 is 0 Å². The Hall–Kier alpha value is -2.80. The summed E-state index contributed by atoms with van der Waals surface area (Å²) in [5, 5.41) is 4.32. The summed E-state index contributed by atoms with van der Waals surface area (Å²) in [6, 6.07) is 16.6. The molecule has 0 fully saturated rings. The first-order valence-corrected chi connectivity index (χ1v) is 9.04. The zero-order valence-corrected chi connectivity index (χ0v) is 16.6. The van der Waals surface area contributed by atoms with Gasteiger partial charge in [-0.1, -0.05) is 24.3 Å². The molecular weight excluding hydrogens is 412 g/mol. The lowest BCUT2D eigenvalue weighted by atomic mass is 10.2. The summed E-state index contributed by atoms with van der Waals surface area (Å²) >= 11 is 3.29. The summed E-state index contributed by atoms with van der Waals surface area (Å²) in [5.41, 5.74) is 1.69. The van der Waals surface area contributed by atoms with Gasteiger partial charge < -0.3 is 14.2 Å². The van der Waals surface area contributed by atoms with Crippen LogP contribution in [0, 0.1) is 0 Å². The highest BCUT2D eigenvalue weighted by atomic mass is 79.9. The summed E-state index contributed by atoms with van der Waals surface area (Å²) in [5.74, 6) is 1.91. The minimum Gasteiger partial charge on any atom is -0.497 e. The van der Waals surface area contributed by atoms with Crippen molar-refractivity contribution in [1.82, 2.24) is 9.78 Å². The molecule has 0 N–H and O–H groups in total. The van der Waals surface area contributed by atoms with Gasteiger partial charge in [-0.05, 0) is 51.3 Å². The maximum Gasteiger partial charge on any atom is 0.281 e. The van der Waals surface area contributed by atoms with Crippen LogP contribution in [0.5, 0.6) is 17.4 Å². The second-order valence-electron chi connectivity index (χ2n) is 5.78. The highest BCUT2D eigenvalue weighted by Gasteiger charge is 2.09. The first kappa shape index (κ1) is 19.0. The fourth-order valence-electron chi connectivity index (χ4n) is 2.45. The Morgan fingerprint density at radius 3 is 2.04 bits per heavy atom. The smallest absolute Gasteiger partial charge is 0.281 e. The fraction of sp³-hybridized carbons (Fsp3) is 0.200. The first-order valence-electron chi connectivity index (χ1n) is 8.25. The Morgan fingerprint density at radius 2 is 1.48 bits per heavy atom. The van der Waals surface area contributed by atoms with E-state index in [1.165, 1.54) is 4.68 Å². The Bertz CT molecular complexity index is 953. The van der Waals surface area contributed by atoms with Crippen molar-refractivity contribution in [2.75, 3.05) is 14.2 Å². The van der Waals surface area contributed by atoms with Crippen molar-refractivity contribution < 1.29 is 14.2 Å². The van der Waals surface area contributed by atoms with Crippen LogP contribution in [0.3, 0.4) is 0 Å². The molecule has 0 spiro atoms. The van der Waals surface area contributed by atoms with Gasteiger partial charge in [0.25, 0.3) is 5.56 Å². The van der Waals surface area contributed by atoms with Crippen LogP contribution in [0.1, 0.15) is 11.1 Å². The van der Waals surface area contributed by atoms with Crippen LogP contribution in [0.15, 0.2) is 63.9 Å². The molecule has 0 atom stereocenters. The van der Waals surface area contributed by atoms with Crippen LogP contribution in [0.25, 0.3) is 0 Å². The number of aromatic nitrogens is 2. The molecule has 0 saturated heterocycles. The Kier molecular flexibility index (Phi) is 6.13. The first-order chi connectivity index (χ1) is 13.1. The highest BCUT2D eigenvalue weighted by Crippen LogP contribution is 2.17. The number of hydrogen-bond acceptors (Lipinski definition) is 5. The van der Waals surface area contributed by atoms with E-state index in [1.54, 1.807) is 20.3 Å². The van der Waals surface area contributed by atoms with Gasteiger partial charge in [0.15, 0.2) is 0 Å². The van der Waals surface area contributed by atoms with Crippen LogP contribution in [0.4, 0.5) is 0 Å². The summed E-state index contributed by atoms with van der Waals surface area (Å²) < 4.78 is 17.8. The Labute approximate surface area is 165 Å². The molecule has 0 radical (unpaired) electrons. The van der Waals surface area contributed by atoms with Crippen LogP contribution in [-0.4, -0.2) is 24.0 Å². The van der Waals surface area contributed by atoms with Gasteiger partial charge in [-0.2, -0.15) is 0 Å². The molecule has 1 heterocycles. The van der Waals surface area contributed by atoms with Gasteiger partial charge in [-0.25, -0.2) is 4.68 Å². The lowest BCUT2D eigenvalue weighted by Crippen LogP contribution is -2.24. The standard InChI is InChI=1S/C20H19BrN2O4/c1-25-16-7-3-14(4-8-16)12-23-20(24)18(21)11-19(22-23)27-13-15-5-9-17(26-2)10-6-15/h3-11H,12-13H2,1-2H3. The second kappa shape index (κ2) is 8.73. The number of halogens is 1. The van der Waals surface area contributed by atoms with Crippen molar-refractivity contribution in [2.24, 2.45) is 0 Å². The third kappa shape index (κ3) is 4.89. The van der Waals surface area contributed by atoms with E-state index < -0.39 is 0 Å². The molecule has 27 heavy (non-hydrogen) atoms. The van der Waals surface area contributed by atoms with E-state index in [-0.39, 0.29) is 5.56 Å². The molecular formula is C20H19BrN2O4. The monoisotopic (exact) mass is 430 g/mol. The van der Waals surface area contributed by atoms with E-state index in [1.807, 2.05) is 48.5 Å². The molecule has 0 saturated carbocycles. The topological polar surface area (TPSA) is 62.6 Å². The zero-order valence-electron chi connectivity index (χ0n) is 15.0. The van der Waals surface area contributed by atoms with Crippen molar-refractivity contribution in [3.63, 3.8) is 0 Å². The average Bonchev–Trinajstić information content (AvgIpc) is 2.71. The third-order valence-electron chi connectivity index (χ3n) is 3.95.